The van der Waals surface area contributed by atoms with Crippen molar-refractivity contribution in [3.63, 3.8) is 0 Å². The van der Waals surface area contributed by atoms with Gasteiger partial charge in [-0.25, -0.2) is 4.98 Å². The summed E-state index contributed by atoms with van der Waals surface area (Å²) < 4.78 is 5.77. The van der Waals surface area contributed by atoms with E-state index in [4.69, 9.17) is 10.5 Å². The summed E-state index contributed by atoms with van der Waals surface area (Å²) in [6, 6.07) is 0.0642. The quantitative estimate of drug-likeness (QED) is 0.898. The highest BCUT2D eigenvalue weighted by atomic mass is 32.1. The Bertz CT molecular complexity index is 358. The Morgan fingerprint density at radius 2 is 2.18 bits per heavy atom. The van der Waals surface area contributed by atoms with Gasteiger partial charge < -0.3 is 10.5 Å². The highest BCUT2D eigenvalue weighted by molar-refractivity contribution is 7.09. The van der Waals surface area contributed by atoms with Crippen molar-refractivity contribution in [2.75, 3.05) is 7.11 Å². The van der Waals surface area contributed by atoms with Gasteiger partial charge in [-0.05, 0) is 19.8 Å². The van der Waals surface area contributed by atoms with Crippen LogP contribution in [0.15, 0.2) is 5.38 Å². The largest absolute Gasteiger partial charge is 0.377 e. The van der Waals surface area contributed by atoms with Crippen LogP contribution in [0.4, 0.5) is 0 Å². The molecule has 0 spiro atoms. The molecule has 0 aromatic carbocycles. The van der Waals surface area contributed by atoms with Crippen LogP contribution in [0.2, 0.25) is 0 Å². The van der Waals surface area contributed by atoms with Crippen LogP contribution in [0.3, 0.4) is 0 Å². The Balaban J connectivity index is 2.04. The Labute approximate surface area is 107 Å². The molecule has 0 radical (unpaired) electrons. The molecule has 1 aromatic heterocycles. The summed E-state index contributed by atoms with van der Waals surface area (Å²) in [6.45, 7) is 2.03. The fourth-order valence-corrected chi connectivity index (χ4v) is 3.42. The smallest absolute Gasteiger partial charge is 0.0897 e. The number of methoxy groups -OCH3 is 1. The van der Waals surface area contributed by atoms with Gasteiger partial charge in [0.05, 0.1) is 16.3 Å². The SMILES string of the molecule is COC1(C(N)Cc2csc(C)n2)CCCCC1. The predicted molar refractivity (Wildman–Crippen MR) is 71.4 cm³/mol. The maximum Gasteiger partial charge on any atom is 0.0897 e. The lowest BCUT2D eigenvalue weighted by Crippen LogP contribution is -2.52. The van der Waals surface area contributed by atoms with Gasteiger partial charge in [-0.1, -0.05) is 19.3 Å². The van der Waals surface area contributed by atoms with Crippen LogP contribution >= 0.6 is 11.3 Å². The molecule has 1 fully saturated rings. The zero-order valence-electron chi connectivity index (χ0n) is 10.7. The molecule has 1 aliphatic rings. The van der Waals surface area contributed by atoms with Crippen molar-refractivity contribution in [2.45, 2.75) is 57.1 Å². The highest BCUT2D eigenvalue weighted by Gasteiger charge is 2.38. The first-order valence-corrected chi connectivity index (χ1v) is 7.26. The Morgan fingerprint density at radius 3 is 2.71 bits per heavy atom. The average molecular weight is 254 g/mol. The fourth-order valence-electron chi connectivity index (χ4n) is 2.79. The van der Waals surface area contributed by atoms with E-state index in [9.17, 15) is 0 Å². The summed E-state index contributed by atoms with van der Waals surface area (Å²) in [7, 11) is 1.80. The standard InChI is InChI=1S/C13H22N2OS/c1-10-15-11(9-17-10)8-12(14)13(16-2)6-4-3-5-7-13/h9,12H,3-8,14H2,1-2H3. The van der Waals surface area contributed by atoms with Gasteiger partial charge in [0.2, 0.25) is 0 Å². The molecular formula is C13H22N2OS. The number of nitrogens with two attached hydrogens (primary N) is 1. The lowest BCUT2D eigenvalue weighted by molar-refractivity contribution is -0.0584. The van der Waals surface area contributed by atoms with E-state index in [0.29, 0.717) is 0 Å². The number of aromatic nitrogens is 1. The summed E-state index contributed by atoms with van der Waals surface area (Å²) in [5, 5.41) is 3.23. The highest BCUT2D eigenvalue weighted by Crippen LogP contribution is 2.34. The molecule has 1 heterocycles. The molecule has 0 saturated heterocycles. The molecule has 0 bridgehead atoms. The van der Waals surface area contributed by atoms with E-state index in [1.165, 1.54) is 19.3 Å². The number of hydrogen-bond acceptors (Lipinski definition) is 4. The van der Waals surface area contributed by atoms with E-state index in [0.717, 1.165) is 30.0 Å². The normalized spacial score (nSPS) is 21.4. The van der Waals surface area contributed by atoms with Crippen LogP contribution in [0.5, 0.6) is 0 Å². The number of nitrogens with zero attached hydrogens (tertiary/aromatic N) is 1. The summed E-state index contributed by atoms with van der Waals surface area (Å²) in [5.74, 6) is 0. The third-order valence-electron chi connectivity index (χ3n) is 3.88. The number of ether oxygens (including phenoxy) is 1. The number of aryl methyl sites for hydroxylation is 1. The van der Waals surface area contributed by atoms with E-state index in [1.54, 1.807) is 18.4 Å². The molecular weight excluding hydrogens is 232 g/mol. The first-order valence-electron chi connectivity index (χ1n) is 6.38. The molecule has 1 atom stereocenters. The molecule has 1 aliphatic carbocycles. The van der Waals surface area contributed by atoms with Crippen molar-refractivity contribution < 1.29 is 4.74 Å². The minimum Gasteiger partial charge on any atom is -0.377 e. The van der Waals surface area contributed by atoms with Crippen molar-refractivity contribution in [3.05, 3.63) is 16.1 Å². The summed E-state index contributed by atoms with van der Waals surface area (Å²) in [6.07, 6.45) is 6.79. The molecule has 17 heavy (non-hydrogen) atoms. The Hall–Kier alpha value is -0.450. The van der Waals surface area contributed by atoms with E-state index < -0.39 is 0 Å². The van der Waals surface area contributed by atoms with Crippen molar-refractivity contribution >= 4 is 11.3 Å². The predicted octanol–water partition coefficient (Wildman–Crippen LogP) is 2.67. The third kappa shape index (κ3) is 2.87. The van der Waals surface area contributed by atoms with Crippen molar-refractivity contribution in [2.24, 2.45) is 5.73 Å². The maximum atomic E-state index is 6.37. The summed E-state index contributed by atoms with van der Waals surface area (Å²) >= 11 is 1.69. The minimum atomic E-state index is -0.115. The van der Waals surface area contributed by atoms with Crippen LogP contribution < -0.4 is 5.73 Å². The fraction of sp³-hybridized carbons (Fsp3) is 0.769. The maximum absolute atomic E-state index is 6.37. The van der Waals surface area contributed by atoms with Gasteiger partial charge >= 0.3 is 0 Å². The second-order valence-electron chi connectivity index (χ2n) is 5.00. The molecule has 2 N–H and O–H groups in total. The van der Waals surface area contributed by atoms with Gasteiger partial charge in [0.25, 0.3) is 0 Å². The van der Waals surface area contributed by atoms with Crippen LogP contribution in [0, 0.1) is 6.92 Å². The van der Waals surface area contributed by atoms with E-state index in [2.05, 4.69) is 10.4 Å². The van der Waals surface area contributed by atoms with Crippen LogP contribution in [0.1, 0.15) is 42.8 Å². The minimum absolute atomic E-state index is 0.0642. The first kappa shape index (κ1) is 13.0. The second-order valence-corrected chi connectivity index (χ2v) is 6.06. The van der Waals surface area contributed by atoms with E-state index in [-0.39, 0.29) is 11.6 Å². The van der Waals surface area contributed by atoms with Gasteiger partial charge in [0, 0.05) is 25.0 Å². The third-order valence-corrected chi connectivity index (χ3v) is 4.70. The molecule has 0 aliphatic heterocycles. The zero-order chi connectivity index (χ0) is 12.3. The monoisotopic (exact) mass is 254 g/mol. The second kappa shape index (κ2) is 5.46. The van der Waals surface area contributed by atoms with Crippen molar-refractivity contribution in [1.29, 1.82) is 0 Å². The topological polar surface area (TPSA) is 48.1 Å². The van der Waals surface area contributed by atoms with Crippen LogP contribution in [-0.4, -0.2) is 23.7 Å². The number of thiazole rings is 1. The number of hydrogen-bond donors (Lipinski definition) is 1. The molecule has 96 valence electrons. The molecule has 1 saturated carbocycles. The molecule has 3 nitrogen and oxygen atoms in total. The van der Waals surface area contributed by atoms with Crippen molar-refractivity contribution in [1.82, 2.24) is 4.98 Å². The lowest BCUT2D eigenvalue weighted by atomic mass is 9.78. The Kier molecular flexibility index (Phi) is 4.17. The Morgan fingerprint density at radius 1 is 1.47 bits per heavy atom. The molecule has 2 rings (SSSR count). The van der Waals surface area contributed by atoms with Gasteiger partial charge in [-0.15, -0.1) is 11.3 Å². The first-order chi connectivity index (χ1) is 8.16. The van der Waals surface area contributed by atoms with E-state index >= 15 is 0 Å². The zero-order valence-corrected chi connectivity index (χ0v) is 11.6. The van der Waals surface area contributed by atoms with E-state index in [1.807, 2.05) is 6.92 Å². The summed E-state index contributed by atoms with van der Waals surface area (Å²) in [5.41, 5.74) is 7.37. The van der Waals surface area contributed by atoms with Gasteiger partial charge in [-0.2, -0.15) is 0 Å². The van der Waals surface area contributed by atoms with Crippen LogP contribution in [0.25, 0.3) is 0 Å². The van der Waals surface area contributed by atoms with Gasteiger partial charge in [-0.3, -0.25) is 0 Å². The lowest BCUT2D eigenvalue weighted by Gasteiger charge is -2.40. The van der Waals surface area contributed by atoms with Gasteiger partial charge in [0.1, 0.15) is 0 Å². The average Bonchev–Trinajstić information content (AvgIpc) is 2.75. The molecule has 1 unspecified atom stereocenters. The molecule has 4 heteroatoms. The number of rotatable bonds is 4. The molecule has 0 amide bonds. The summed E-state index contributed by atoms with van der Waals surface area (Å²) in [4.78, 5) is 4.49. The van der Waals surface area contributed by atoms with Crippen molar-refractivity contribution in [3.8, 4) is 0 Å². The molecule has 1 aromatic rings. The van der Waals surface area contributed by atoms with Crippen LogP contribution in [-0.2, 0) is 11.2 Å². The van der Waals surface area contributed by atoms with Gasteiger partial charge in [0.15, 0.2) is 0 Å².